The van der Waals surface area contributed by atoms with Gasteiger partial charge in [0.15, 0.2) is 5.82 Å². The minimum atomic E-state index is -0.317. The van der Waals surface area contributed by atoms with Gasteiger partial charge in [-0.1, -0.05) is 18.2 Å². The number of nitrogens with zero attached hydrogens (tertiary/aromatic N) is 2. The number of ketones is 1. The molecule has 7 nitrogen and oxygen atoms in total. The van der Waals surface area contributed by atoms with Crippen LogP contribution in [0.3, 0.4) is 0 Å². The predicted octanol–water partition coefficient (Wildman–Crippen LogP) is 3.79. The van der Waals surface area contributed by atoms with Gasteiger partial charge in [-0.25, -0.2) is 0 Å². The first-order valence-electron chi connectivity index (χ1n) is 8.59. The molecule has 0 saturated carbocycles. The Morgan fingerprint density at radius 3 is 2.86 bits per heavy atom. The Morgan fingerprint density at radius 1 is 1.11 bits per heavy atom. The van der Waals surface area contributed by atoms with Gasteiger partial charge < -0.3 is 20.2 Å². The standard InChI is InChI=1S/C21H14N4O3/c26-12-5-6-13-11(9-22-17(13)8-12)7-18-21(28)25-20(24-18)19(27)15-10-23-16-4-2-1-3-14(15)16/h1-10,23,26,28H,(H,24,25)/b11-7-. The van der Waals surface area contributed by atoms with Gasteiger partial charge in [-0.3, -0.25) is 9.79 Å². The first-order valence-corrected chi connectivity index (χ1v) is 8.59. The Bertz CT molecular complexity index is 1310. The van der Waals surface area contributed by atoms with Crippen LogP contribution >= 0.6 is 0 Å². The van der Waals surface area contributed by atoms with Crippen LogP contribution in [-0.2, 0) is 0 Å². The molecule has 0 spiro atoms. The SMILES string of the molecule is O=C(c1nc(O)c(/C=C2/C=Nc3cc(O)ccc32)[nH]1)c1c[nH]c2ccccc12. The lowest BCUT2D eigenvalue weighted by atomic mass is 10.1. The fourth-order valence-electron chi connectivity index (χ4n) is 3.32. The van der Waals surface area contributed by atoms with Crippen LogP contribution in [0.1, 0.15) is 27.4 Å². The number of phenols is 1. The quantitative estimate of drug-likeness (QED) is 0.411. The van der Waals surface area contributed by atoms with E-state index in [2.05, 4.69) is 19.9 Å². The summed E-state index contributed by atoms with van der Waals surface area (Å²) in [5.74, 6) is -0.401. The Hall–Kier alpha value is -4.13. The molecule has 2 aromatic heterocycles. The molecule has 0 atom stereocenters. The van der Waals surface area contributed by atoms with Crippen LogP contribution < -0.4 is 0 Å². The third-order valence-corrected chi connectivity index (χ3v) is 4.70. The Morgan fingerprint density at radius 2 is 1.96 bits per heavy atom. The zero-order valence-corrected chi connectivity index (χ0v) is 14.5. The summed E-state index contributed by atoms with van der Waals surface area (Å²) in [6.07, 6.45) is 4.93. The summed E-state index contributed by atoms with van der Waals surface area (Å²) < 4.78 is 0. The average molecular weight is 370 g/mol. The molecule has 5 rings (SSSR count). The van der Waals surface area contributed by atoms with Gasteiger partial charge in [0.1, 0.15) is 11.4 Å². The van der Waals surface area contributed by atoms with Crippen molar-refractivity contribution in [2.75, 3.05) is 0 Å². The van der Waals surface area contributed by atoms with Crippen molar-refractivity contribution in [3.05, 3.63) is 71.3 Å². The van der Waals surface area contributed by atoms with Crippen molar-refractivity contribution in [3.63, 3.8) is 0 Å². The monoisotopic (exact) mass is 370 g/mol. The van der Waals surface area contributed by atoms with E-state index >= 15 is 0 Å². The largest absolute Gasteiger partial charge is 0.508 e. The van der Waals surface area contributed by atoms with Crippen LogP contribution in [0.25, 0.3) is 22.6 Å². The van der Waals surface area contributed by atoms with E-state index in [9.17, 15) is 15.0 Å². The molecule has 0 bridgehead atoms. The lowest BCUT2D eigenvalue weighted by Crippen LogP contribution is -2.02. The van der Waals surface area contributed by atoms with Crippen molar-refractivity contribution in [1.29, 1.82) is 0 Å². The molecule has 4 N–H and O–H groups in total. The summed E-state index contributed by atoms with van der Waals surface area (Å²) in [4.78, 5) is 27.0. The number of nitrogens with one attached hydrogen (secondary N) is 2. The number of imidazole rings is 1. The van der Waals surface area contributed by atoms with E-state index in [1.165, 1.54) is 0 Å². The molecule has 0 aliphatic carbocycles. The van der Waals surface area contributed by atoms with Crippen molar-refractivity contribution in [3.8, 4) is 11.6 Å². The molecule has 1 aliphatic rings. The number of aliphatic imine (C=N–C) groups is 1. The summed E-state index contributed by atoms with van der Waals surface area (Å²) >= 11 is 0. The number of benzene rings is 2. The zero-order valence-electron chi connectivity index (χ0n) is 14.5. The highest BCUT2D eigenvalue weighted by Crippen LogP contribution is 2.35. The molecule has 0 fully saturated rings. The van der Waals surface area contributed by atoms with E-state index in [4.69, 9.17) is 0 Å². The Kier molecular flexibility index (Phi) is 3.42. The van der Waals surface area contributed by atoms with E-state index in [1.54, 1.807) is 36.7 Å². The molecular weight excluding hydrogens is 356 g/mol. The number of phenolic OH excluding ortho intramolecular Hbond substituents is 1. The minimum absolute atomic E-state index is 0.0509. The lowest BCUT2D eigenvalue weighted by molar-refractivity contribution is 0.103. The maximum atomic E-state index is 12.9. The van der Waals surface area contributed by atoms with Crippen molar-refractivity contribution < 1.29 is 15.0 Å². The second-order valence-corrected chi connectivity index (χ2v) is 6.46. The highest BCUT2D eigenvalue weighted by atomic mass is 16.3. The maximum Gasteiger partial charge on any atom is 0.237 e. The summed E-state index contributed by atoms with van der Waals surface area (Å²) in [6, 6.07) is 12.4. The molecule has 4 aromatic rings. The summed E-state index contributed by atoms with van der Waals surface area (Å²) in [5, 5.41) is 20.6. The Balaban J connectivity index is 1.52. The van der Waals surface area contributed by atoms with Gasteiger partial charge >= 0.3 is 0 Å². The number of carbonyl (C=O) groups excluding carboxylic acids is 1. The van der Waals surface area contributed by atoms with E-state index in [1.807, 2.05) is 24.3 Å². The van der Waals surface area contributed by atoms with Crippen LogP contribution in [-0.4, -0.2) is 37.2 Å². The normalized spacial score (nSPS) is 14.1. The van der Waals surface area contributed by atoms with Crippen LogP contribution in [0.5, 0.6) is 11.6 Å². The highest BCUT2D eigenvalue weighted by molar-refractivity contribution is 6.21. The van der Waals surface area contributed by atoms with Crippen LogP contribution in [0.15, 0.2) is 53.7 Å². The number of hydrogen-bond donors (Lipinski definition) is 4. The van der Waals surface area contributed by atoms with Gasteiger partial charge in [0, 0.05) is 40.5 Å². The van der Waals surface area contributed by atoms with Crippen molar-refractivity contribution in [2.24, 2.45) is 4.99 Å². The zero-order chi connectivity index (χ0) is 19.3. The molecule has 0 unspecified atom stereocenters. The number of para-hydroxylation sites is 1. The number of carbonyl (C=O) groups is 1. The number of rotatable bonds is 3. The number of aromatic hydroxyl groups is 2. The minimum Gasteiger partial charge on any atom is -0.508 e. The number of aromatic amines is 2. The van der Waals surface area contributed by atoms with Gasteiger partial charge in [0.25, 0.3) is 0 Å². The smallest absolute Gasteiger partial charge is 0.237 e. The van der Waals surface area contributed by atoms with Crippen molar-refractivity contribution in [1.82, 2.24) is 15.0 Å². The number of fused-ring (bicyclic) bond motifs is 2. The van der Waals surface area contributed by atoms with Crippen LogP contribution in [0.4, 0.5) is 5.69 Å². The molecule has 0 amide bonds. The summed E-state index contributed by atoms with van der Waals surface area (Å²) in [5.41, 5.74) is 3.83. The lowest BCUT2D eigenvalue weighted by Gasteiger charge is -2.00. The van der Waals surface area contributed by atoms with E-state index in [-0.39, 0.29) is 23.2 Å². The number of H-pyrrole nitrogens is 2. The summed E-state index contributed by atoms with van der Waals surface area (Å²) in [7, 11) is 0. The third-order valence-electron chi connectivity index (χ3n) is 4.70. The second-order valence-electron chi connectivity index (χ2n) is 6.46. The number of aromatic nitrogens is 3. The average Bonchev–Trinajstić information content (AvgIpc) is 3.39. The van der Waals surface area contributed by atoms with Gasteiger partial charge in [0.2, 0.25) is 11.7 Å². The highest BCUT2D eigenvalue weighted by Gasteiger charge is 2.20. The van der Waals surface area contributed by atoms with E-state index < -0.39 is 0 Å². The fraction of sp³-hybridized carbons (Fsp3) is 0. The van der Waals surface area contributed by atoms with Crippen LogP contribution in [0.2, 0.25) is 0 Å². The van der Waals surface area contributed by atoms with Crippen molar-refractivity contribution >= 4 is 40.2 Å². The first-order chi connectivity index (χ1) is 13.6. The third kappa shape index (κ3) is 2.49. The Labute approximate surface area is 158 Å². The number of hydrogen-bond acceptors (Lipinski definition) is 5. The van der Waals surface area contributed by atoms with Crippen LogP contribution in [0, 0.1) is 0 Å². The predicted molar refractivity (Wildman–Crippen MR) is 106 cm³/mol. The maximum absolute atomic E-state index is 12.9. The van der Waals surface area contributed by atoms with Gasteiger partial charge in [-0.15, -0.1) is 0 Å². The molecule has 1 aliphatic heterocycles. The number of allylic oxidation sites excluding steroid dienone is 1. The topological polar surface area (TPSA) is 114 Å². The fourth-order valence-corrected chi connectivity index (χ4v) is 3.32. The molecule has 28 heavy (non-hydrogen) atoms. The molecule has 2 aromatic carbocycles. The molecule has 0 saturated heterocycles. The second kappa shape index (κ2) is 5.95. The molecular formula is C21H14N4O3. The van der Waals surface area contributed by atoms with Gasteiger partial charge in [0.05, 0.1) is 11.3 Å². The molecule has 3 heterocycles. The molecule has 0 radical (unpaired) electrons. The molecule has 136 valence electrons. The molecule has 7 heteroatoms. The first kappa shape index (κ1) is 16.1. The van der Waals surface area contributed by atoms with Gasteiger partial charge in [-0.2, -0.15) is 4.98 Å². The van der Waals surface area contributed by atoms with Crippen molar-refractivity contribution in [2.45, 2.75) is 0 Å². The van der Waals surface area contributed by atoms with E-state index in [0.29, 0.717) is 16.9 Å². The van der Waals surface area contributed by atoms with Gasteiger partial charge in [-0.05, 0) is 24.3 Å². The summed E-state index contributed by atoms with van der Waals surface area (Å²) in [6.45, 7) is 0. The van der Waals surface area contributed by atoms with E-state index in [0.717, 1.165) is 22.0 Å².